The molecule has 0 radical (unpaired) electrons. The van der Waals surface area contributed by atoms with Gasteiger partial charge in [0.1, 0.15) is 0 Å². The second-order valence-electron chi connectivity index (χ2n) is 6.49. The molecule has 3 rings (SSSR count). The van der Waals surface area contributed by atoms with E-state index in [-0.39, 0.29) is 12.1 Å². The van der Waals surface area contributed by atoms with Gasteiger partial charge in [0, 0.05) is 15.4 Å². The summed E-state index contributed by atoms with van der Waals surface area (Å²) in [7, 11) is 0. The van der Waals surface area contributed by atoms with E-state index in [9.17, 15) is 4.79 Å². The molecule has 0 amide bonds. The molecule has 0 N–H and O–H groups in total. The number of hydrogen-bond acceptors (Lipinski definition) is 3. The van der Waals surface area contributed by atoms with Crippen LogP contribution in [0.2, 0.25) is 0 Å². The number of pyridine rings is 1. The van der Waals surface area contributed by atoms with Gasteiger partial charge in [0.15, 0.2) is 0 Å². The van der Waals surface area contributed by atoms with E-state index in [4.69, 9.17) is 9.72 Å². The van der Waals surface area contributed by atoms with E-state index in [0.717, 1.165) is 37.8 Å². The van der Waals surface area contributed by atoms with Crippen LogP contribution in [0, 0.1) is 13.8 Å². The van der Waals surface area contributed by atoms with Crippen LogP contribution in [0.1, 0.15) is 35.3 Å². The summed E-state index contributed by atoms with van der Waals surface area (Å²) in [5.74, 6) is -0.314. The summed E-state index contributed by atoms with van der Waals surface area (Å²) in [5, 5.41) is 0.837. The first-order chi connectivity index (χ1) is 11.8. The Morgan fingerprint density at radius 3 is 2.40 bits per heavy atom. The largest absolute Gasteiger partial charge is 0.459 e. The van der Waals surface area contributed by atoms with Crippen LogP contribution in [0.5, 0.6) is 0 Å². The summed E-state index contributed by atoms with van der Waals surface area (Å²) in [6.45, 7) is 7.75. The highest BCUT2D eigenvalue weighted by Crippen LogP contribution is 2.29. The SMILES string of the molecule is Cc1cc(C)c2nc(-c3ccc(Br)cc3)cc(C(=O)OC(C)C)c2c1. The third-order valence-corrected chi connectivity index (χ3v) is 4.48. The standard InChI is InChI=1S/C21H20BrNO2/c1-12(2)25-21(24)18-11-19(15-5-7-16(22)8-6-15)23-20-14(4)9-13(3)10-17(18)20/h5-12H,1-4H3. The first-order valence-electron chi connectivity index (χ1n) is 8.24. The lowest BCUT2D eigenvalue weighted by Crippen LogP contribution is -2.13. The van der Waals surface area contributed by atoms with Gasteiger partial charge in [-0.3, -0.25) is 0 Å². The number of fused-ring (bicyclic) bond motifs is 1. The molecule has 0 bridgehead atoms. The molecular formula is C21H20BrNO2. The van der Waals surface area contributed by atoms with Gasteiger partial charge in [0.25, 0.3) is 0 Å². The van der Waals surface area contributed by atoms with Crippen LogP contribution >= 0.6 is 15.9 Å². The number of halogens is 1. The highest BCUT2D eigenvalue weighted by atomic mass is 79.9. The Labute approximate surface area is 156 Å². The molecule has 128 valence electrons. The predicted octanol–water partition coefficient (Wildman–Crippen LogP) is 5.85. The molecule has 1 heterocycles. The van der Waals surface area contributed by atoms with Crippen molar-refractivity contribution in [1.29, 1.82) is 0 Å². The molecule has 0 unspecified atom stereocenters. The van der Waals surface area contributed by atoms with E-state index in [1.54, 1.807) is 0 Å². The molecular weight excluding hydrogens is 378 g/mol. The van der Waals surface area contributed by atoms with E-state index in [2.05, 4.69) is 22.0 Å². The van der Waals surface area contributed by atoms with Crippen molar-refractivity contribution in [3.05, 3.63) is 63.6 Å². The third-order valence-electron chi connectivity index (χ3n) is 3.95. The van der Waals surface area contributed by atoms with Gasteiger partial charge in [-0.15, -0.1) is 0 Å². The zero-order chi connectivity index (χ0) is 18.1. The van der Waals surface area contributed by atoms with Crippen molar-refractivity contribution < 1.29 is 9.53 Å². The van der Waals surface area contributed by atoms with Crippen LogP contribution in [0.3, 0.4) is 0 Å². The molecule has 0 saturated carbocycles. The normalized spacial score (nSPS) is 11.1. The van der Waals surface area contributed by atoms with Crippen molar-refractivity contribution in [1.82, 2.24) is 4.98 Å². The Kier molecular flexibility index (Phi) is 4.91. The molecule has 1 aromatic heterocycles. The number of ether oxygens (including phenoxy) is 1. The Morgan fingerprint density at radius 1 is 1.08 bits per heavy atom. The summed E-state index contributed by atoms with van der Waals surface area (Å²) >= 11 is 3.45. The summed E-state index contributed by atoms with van der Waals surface area (Å²) < 4.78 is 6.46. The van der Waals surface area contributed by atoms with Crippen LogP contribution < -0.4 is 0 Å². The minimum Gasteiger partial charge on any atom is -0.459 e. The van der Waals surface area contributed by atoms with Crippen molar-refractivity contribution >= 4 is 32.8 Å². The maximum absolute atomic E-state index is 12.7. The summed E-state index contributed by atoms with van der Waals surface area (Å²) in [6.07, 6.45) is -0.169. The van der Waals surface area contributed by atoms with E-state index < -0.39 is 0 Å². The molecule has 0 aliphatic rings. The van der Waals surface area contributed by atoms with Crippen molar-refractivity contribution in [3.63, 3.8) is 0 Å². The van der Waals surface area contributed by atoms with E-state index in [1.807, 2.05) is 64.1 Å². The van der Waals surface area contributed by atoms with Gasteiger partial charge in [-0.25, -0.2) is 9.78 Å². The molecule has 0 fully saturated rings. The predicted molar refractivity (Wildman–Crippen MR) is 105 cm³/mol. The van der Waals surface area contributed by atoms with Crippen molar-refractivity contribution in [3.8, 4) is 11.3 Å². The highest BCUT2D eigenvalue weighted by Gasteiger charge is 2.17. The van der Waals surface area contributed by atoms with Gasteiger partial charge in [-0.05, 0) is 57.5 Å². The zero-order valence-corrected chi connectivity index (χ0v) is 16.3. The zero-order valence-electron chi connectivity index (χ0n) is 14.8. The summed E-state index contributed by atoms with van der Waals surface area (Å²) in [6, 6.07) is 13.8. The number of rotatable bonds is 3. The Morgan fingerprint density at radius 2 is 1.76 bits per heavy atom. The van der Waals surface area contributed by atoms with Crippen molar-refractivity contribution in [2.75, 3.05) is 0 Å². The number of esters is 1. The molecule has 4 heteroatoms. The van der Waals surface area contributed by atoms with Gasteiger partial charge >= 0.3 is 5.97 Å². The first-order valence-corrected chi connectivity index (χ1v) is 9.03. The lowest BCUT2D eigenvalue weighted by atomic mass is 10.00. The van der Waals surface area contributed by atoms with Crippen LogP contribution in [-0.4, -0.2) is 17.1 Å². The van der Waals surface area contributed by atoms with E-state index in [1.165, 1.54) is 0 Å². The lowest BCUT2D eigenvalue weighted by molar-refractivity contribution is 0.0380. The molecule has 3 aromatic rings. The first kappa shape index (κ1) is 17.6. The molecule has 0 aliphatic heterocycles. The molecule has 3 nitrogen and oxygen atoms in total. The Bertz CT molecular complexity index is 946. The fraction of sp³-hybridized carbons (Fsp3) is 0.238. The lowest BCUT2D eigenvalue weighted by Gasteiger charge is -2.14. The van der Waals surface area contributed by atoms with Crippen LogP contribution in [-0.2, 0) is 4.74 Å². The average molecular weight is 398 g/mol. The Balaban J connectivity index is 2.26. The molecule has 25 heavy (non-hydrogen) atoms. The fourth-order valence-corrected chi connectivity index (χ4v) is 3.16. The number of nitrogens with zero attached hydrogens (tertiary/aromatic N) is 1. The van der Waals surface area contributed by atoms with Crippen LogP contribution in [0.4, 0.5) is 0 Å². The fourth-order valence-electron chi connectivity index (χ4n) is 2.90. The van der Waals surface area contributed by atoms with Crippen LogP contribution in [0.15, 0.2) is 46.9 Å². The Hall–Kier alpha value is -2.20. The summed E-state index contributed by atoms with van der Waals surface area (Å²) in [4.78, 5) is 17.5. The summed E-state index contributed by atoms with van der Waals surface area (Å²) in [5.41, 5.74) is 5.27. The molecule has 0 aliphatic carbocycles. The monoisotopic (exact) mass is 397 g/mol. The quantitative estimate of drug-likeness (QED) is 0.520. The van der Waals surface area contributed by atoms with Crippen molar-refractivity contribution in [2.24, 2.45) is 0 Å². The van der Waals surface area contributed by atoms with Gasteiger partial charge in [-0.1, -0.05) is 39.7 Å². The second kappa shape index (κ2) is 6.96. The molecule has 0 saturated heterocycles. The number of carbonyl (C=O) groups is 1. The minimum absolute atomic E-state index is 0.169. The van der Waals surface area contributed by atoms with Gasteiger partial charge in [0.05, 0.1) is 22.9 Å². The van der Waals surface area contributed by atoms with Gasteiger partial charge < -0.3 is 4.74 Å². The van der Waals surface area contributed by atoms with Gasteiger partial charge in [0.2, 0.25) is 0 Å². The molecule has 2 aromatic carbocycles. The molecule has 0 atom stereocenters. The highest BCUT2D eigenvalue weighted by molar-refractivity contribution is 9.10. The number of hydrogen-bond donors (Lipinski definition) is 0. The number of aromatic nitrogens is 1. The smallest absolute Gasteiger partial charge is 0.339 e. The van der Waals surface area contributed by atoms with Crippen molar-refractivity contribution in [2.45, 2.75) is 33.8 Å². The third kappa shape index (κ3) is 3.74. The van der Waals surface area contributed by atoms with E-state index >= 15 is 0 Å². The maximum atomic E-state index is 12.7. The number of benzene rings is 2. The van der Waals surface area contributed by atoms with Crippen LogP contribution in [0.25, 0.3) is 22.2 Å². The maximum Gasteiger partial charge on any atom is 0.339 e. The topological polar surface area (TPSA) is 39.2 Å². The number of carbonyl (C=O) groups excluding carboxylic acids is 1. The second-order valence-corrected chi connectivity index (χ2v) is 7.41. The average Bonchev–Trinajstić information content (AvgIpc) is 2.54. The minimum atomic E-state index is -0.314. The van der Waals surface area contributed by atoms with Gasteiger partial charge in [-0.2, -0.15) is 0 Å². The molecule has 0 spiro atoms. The van der Waals surface area contributed by atoms with E-state index in [0.29, 0.717) is 5.56 Å². The number of aryl methyl sites for hydroxylation is 2.